The van der Waals surface area contributed by atoms with Crippen molar-refractivity contribution in [1.82, 2.24) is 5.32 Å². The van der Waals surface area contributed by atoms with E-state index >= 15 is 0 Å². The van der Waals surface area contributed by atoms with Crippen molar-refractivity contribution >= 4 is 17.6 Å². The maximum atomic E-state index is 11.7. The van der Waals surface area contributed by atoms with Gasteiger partial charge in [0.1, 0.15) is 0 Å². The maximum absolute atomic E-state index is 11.7. The average Bonchev–Trinajstić information content (AvgIpc) is 2.41. The zero-order chi connectivity index (χ0) is 15.0. The highest BCUT2D eigenvalue weighted by atomic mass is 16.4. The Morgan fingerprint density at radius 1 is 1.20 bits per heavy atom. The van der Waals surface area contributed by atoms with Gasteiger partial charge < -0.3 is 15.7 Å². The van der Waals surface area contributed by atoms with Gasteiger partial charge in [0, 0.05) is 12.2 Å². The third-order valence-corrected chi connectivity index (χ3v) is 2.88. The summed E-state index contributed by atoms with van der Waals surface area (Å²) in [6.07, 6.45) is 0.557. The molecule has 1 atom stereocenters. The lowest BCUT2D eigenvalue weighted by Gasteiger charge is -2.15. The van der Waals surface area contributed by atoms with Crippen LogP contribution in [0.3, 0.4) is 0 Å². The van der Waals surface area contributed by atoms with Crippen LogP contribution in [0.25, 0.3) is 0 Å². The Morgan fingerprint density at radius 3 is 2.40 bits per heavy atom. The molecule has 5 nitrogen and oxygen atoms in total. The first-order valence-electron chi connectivity index (χ1n) is 6.77. The quantitative estimate of drug-likeness (QED) is 0.679. The van der Waals surface area contributed by atoms with Gasteiger partial charge in [0.2, 0.25) is 5.91 Å². The summed E-state index contributed by atoms with van der Waals surface area (Å²) in [7, 11) is 0. The molecule has 20 heavy (non-hydrogen) atoms. The van der Waals surface area contributed by atoms with Crippen LogP contribution in [0.2, 0.25) is 0 Å². The second kappa shape index (κ2) is 8.19. The number of hydrogen-bond acceptors (Lipinski definition) is 3. The Hall–Kier alpha value is -2.04. The number of anilines is 1. The number of amides is 1. The number of nitrogens with one attached hydrogen (secondary N) is 2. The molecule has 0 heterocycles. The molecule has 110 valence electrons. The van der Waals surface area contributed by atoms with Gasteiger partial charge in [-0.15, -0.1) is 0 Å². The molecule has 1 amide bonds. The first-order valence-corrected chi connectivity index (χ1v) is 6.77. The first-order chi connectivity index (χ1) is 9.49. The molecule has 1 aromatic rings. The van der Waals surface area contributed by atoms with E-state index in [2.05, 4.69) is 10.6 Å². The highest BCUT2D eigenvalue weighted by molar-refractivity contribution is 5.81. The number of carbonyl (C=O) groups excluding carboxylic acids is 1. The largest absolute Gasteiger partial charge is 0.481 e. The summed E-state index contributed by atoms with van der Waals surface area (Å²) in [5.74, 6) is -1.31. The number of para-hydroxylation sites is 1. The minimum Gasteiger partial charge on any atom is -0.481 e. The summed E-state index contributed by atoms with van der Waals surface area (Å²) in [6, 6.07) is 9.39. The van der Waals surface area contributed by atoms with Crippen molar-refractivity contribution < 1.29 is 14.7 Å². The van der Waals surface area contributed by atoms with Crippen LogP contribution in [0, 0.1) is 11.8 Å². The molecule has 1 rings (SSSR count). The Labute approximate surface area is 119 Å². The summed E-state index contributed by atoms with van der Waals surface area (Å²) < 4.78 is 0. The lowest BCUT2D eigenvalue weighted by atomic mass is 9.97. The topological polar surface area (TPSA) is 78.4 Å². The molecule has 0 aliphatic heterocycles. The van der Waals surface area contributed by atoms with Gasteiger partial charge in [0.15, 0.2) is 0 Å². The molecule has 0 saturated carbocycles. The summed E-state index contributed by atoms with van der Waals surface area (Å²) in [4.78, 5) is 22.7. The third-order valence-electron chi connectivity index (χ3n) is 2.88. The van der Waals surface area contributed by atoms with Gasteiger partial charge in [0.05, 0.1) is 12.5 Å². The van der Waals surface area contributed by atoms with Crippen LogP contribution in [0.5, 0.6) is 0 Å². The lowest BCUT2D eigenvalue weighted by Crippen LogP contribution is -2.36. The first kappa shape index (κ1) is 16.0. The van der Waals surface area contributed by atoms with Gasteiger partial charge in [-0.25, -0.2) is 0 Å². The number of carbonyl (C=O) groups is 2. The highest BCUT2D eigenvalue weighted by Gasteiger charge is 2.19. The molecular weight excluding hydrogens is 256 g/mol. The van der Waals surface area contributed by atoms with Crippen molar-refractivity contribution in [2.75, 3.05) is 18.4 Å². The van der Waals surface area contributed by atoms with Crippen LogP contribution < -0.4 is 10.6 Å². The molecule has 0 aliphatic rings. The molecule has 0 aromatic heterocycles. The molecule has 0 aliphatic carbocycles. The van der Waals surface area contributed by atoms with Gasteiger partial charge in [-0.3, -0.25) is 9.59 Å². The maximum Gasteiger partial charge on any atom is 0.308 e. The predicted molar refractivity (Wildman–Crippen MR) is 78.5 cm³/mol. The number of hydrogen-bond donors (Lipinski definition) is 3. The Bertz CT molecular complexity index is 432. The zero-order valence-corrected chi connectivity index (χ0v) is 11.9. The molecule has 0 bridgehead atoms. The standard InChI is InChI=1S/C15H22N2O3/c1-11(2)8-12(15(19)20)9-17-14(18)10-16-13-6-4-3-5-7-13/h3-7,11-12,16H,8-10H2,1-2H3,(H,17,18)(H,19,20). The van der Waals surface area contributed by atoms with Gasteiger partial charge in [-0.05, 0) is 24.5 Å². The van der Waals surface area contributed by atoms with E-state index in [1.54, 1.807) is 0 Å². The number of aliphatic carboxylic acids is 1. The Kier molecular flexibility index (Phi) is 6.56. The summed E-state index contributed by atoms with van der Waals surface area (Å²) in [5.41, 5.74) is 0.861. The van der Waals surface area contributed by atoms with Crippen LogP contribution in [0.4, 0.5) is 5.69 Å². The minimum atomic E-state index is -0.866. The van der Waals surface area contributed by atoms with Crippen molar-refractivity contribution in [3.63, 3.8) is 0 Å². The summed E-state index contributed by atoms with van der Waals surface area (Å²) in [6.45, 7) is 4.24. The van der Waals surface area contributed by atoms with E-state index in [1.807, 2.05) is 44.2 Å². The fraction of sp³-hybridized carbons (Fsp3) is 0.467. The number of rotatable bonds is 8. The second-order valence-electron chi connectivity index (χ2n) is 5.19. The zero-order valence-electron chi connectivity index (χ0n) is 11.9. The van der Waals surface area contributed by atoms with E-state index < -0.39 is 11.9 Å². The molecule has 0 fully saturated rings. The normalized spacial score (nSPS) is 11.9. The van der Waals surface area contributed by atoms with Crippen LogP contribution in [-0.4, -0.2) is 30.1 Å². The van der Waals surface area contributed by atoms with E-state index in [-0.39, 0.29) is 24.9 Å². The predicted octanol–water partition coefficient (Wildman–Crippen LogP) is 1.96. The second-order valence-corrected chi connectivity index (χ2v) is 5.19. The fourth-order valence-electron chi connectivity index (χ4n) is 1.88. The van der Waals surface area contributed by atoms with Crippen LogP contribution >= 0.6 is 0 Å². The smallest absolute Gasteiger partial charge is 0.308 e. The van der Waals surface area contributed by atoms with E-state index in [9.17, 15) is 9.59 Å². The van der Waals surface area contributed by atoms with Crippen molar-refractivity contribution in [1.29, 1.82) is 0 Å². The van der Waals surface area contributed by atoms with Gasteiger partial charge >= 0.3 is 5.97 Å². The molecule has 0 radical (unpaired) electrons. The van der Waals surface area contributed by atoms with Gasteiger partial charge in [-0.2, -0.15) is 0 Å². The van der Waals surface area contributed by atoms with Crippen LogP contribution in [0.1, 0.15) is 20.3 Å². The summed E-state index contributed by atoms with van der Waals surface area (Å²) in [5, 5.41) is 14.7. The molecule has 1 aromatic carbocycles. The van der Waals surface area contributed by atoms with Gasteiger partial charge in [-0.1, -0.05) is 32.0 Å². The molecule has 3 N–H and O–H groups in total. The van der Waals surface area contributed by atoms with E-state index in [0.717, 1.165) is 5.69 Å². The van der Waals surface area contributed by atoms with Crippen molar-refractivity contribution in [3.05, 3.63) is 30.3 Å². The number of carboxylic acids is 1. The van der Waals surface area contributed by atoms with Crippen molar-refractivity contribution in [2.24, 2.45) is 11.8 Å². The van der Waals surface area contributed by atoms with Crippen LogP contribution in [0.15, 0.2) is 30.3 Å². The average molecular weight is 278 g/mol. The van der Waals surface area contributed by atoms with Gasteiger partial charge in [0.25, 0.3) is 0 Å². The number of carboxylic acid groups (broad SMARTS) is 1. The lowest BCUT2D eigenvalue weighted by molar-refractivity contribution is -0.142. The Morgan fingerprint density at radius 2 is 1.85 bits per heavy atom. The van der Waals surface area contributed by atoms with Crippen molar-refractivity contribution in [3.8, 4) is 0 Å². The highest BCUT2D eigenvalue weighted by Crippen LogP contribution is 2.11. The molecule has 1 unspecified atom stereocenters. The monoisotopic (exact) mass is 278 g/mol. The van der Waals surface area contributed by atoms with Crippen molar-refractivity contribution in [2.45, 2.75) is 20.3 Å². The molecular formula is C15H22N2O3. The van der Waals surface area contributed by atoms with E-state index in [4.69, 9.17) is 5.11 Å². The summed E-state index contributed by atoms with van der Waals surface area (Å²) >= 11 is 0. The minimum absolute atomic E-state index is 0.137. The van der Waals surface area contributed by atoms with E-state index in [1.165, 1.54) is 0 Å². The molecule has 0 saturated heterocycles. The SMILES string of the molecule is CC(C)CC(CNC(=O)CNc1ccccc1)C(=O)O. The van der Waals surface area contributed by atoms with E-state index in [0.29, 0.717) is 6.42 Å². The number of benzene rings is 1. The fourth-order valence-corrected chi connectivity index (χ4v) is 1.88. The van der Waals surface area contributed by atoms with Crippen LogP contribution in [-0.2, 0) is 9.59 Å². The molecule has 0 spiro atoms. The Balaban J connectivity index is 2.32. The third kappa shape index (κ3) is 6.22. The molecule has 5 heteroatoms.